The number of furan rings is 1. The summed E-state index contributed by atoms with van der Waals surface area (Å²) in [6.45, 7) is 5.53. The molecule has 0 radical (unpaired) electrons. The topological polar surface area (TPSA) is 53.6 Å². The van der Waals surface area contributed by atoms with E-state index in [4.69, 9.17) is 4.42 Å². The summed E-state index contributed by atoms with van der Waals surface area (Å²) in [6.07, 6.45) is 5.24. The minimum Gasteiger partial charge on any atom is -0.457 e. The number of hydrogen-bond acceptors (Lipinski definition) is 3. The Kier molecular flexibility index (Phi) is 3.18. The molecule has 2 N–H and O–H groups in total. The van der Waals surface area contributed by atoms with Crippen LogP contribution in [0.15, 0.2) is 41.3 Å². The second-order valence-electron chi connectivity index (χ2n) is 3.78. The van der Waals surface area contributed by atoms with E-state index in [0.717, 1.165) is 10.9 Å². The highest BCUT2D eigenvalue weighted by atomic mass is 16.4. The summed E-state index contributed by atoms with van der Waals surface area (Å²) in [5.41, 5.74) is 1.87. The standard InChI is InChI=1S/C13H13BO3/c1-3-4-8-12-9(2)10-6-5-7-11(14(15)16)13(10)17-12/h3-8,15-16H,1H2,2H3/b8-4-. The summed E-state index contributed by atoms with van der Waals surface area (Å²) in [5, 5.41) is 19.4. The quantitative estimate of drug-likeness (QED) is 0.619. The normalized spacial score (nSPS) is 11.2. The van der Waals surface area contributed by atoms with Gasteiger partial charge in [-0.25, -0.2) is 0 Å². The number of aryl methyl sites for hydroxylation is 1. The monoisotopic (exact) mass is 228 g/mol. The molecule has 0 unspecified atom stereocenters. The van der Waals surface area contributed by atoms with Gasteiger partial charge in [-0.3, -0.25) is 0 Å². The Balaban J connectivity index is 2.68. The van der Waals surface area contributed by atoms with E-state index < -0.39 is 7.12 Å². The third kappa shape index (κ3) is 2.05. The molecule has 0 saturated carbocycles. The number of hydrogen-bond donors (Lipinski definition) is 2. The maximum Gasteiger partial charge on any atom is 0.492 e. The van der Waals surface area contributed by atoms with Crippen molar-refractivity contribution in [1.82, 2.24) is 0 Å². The first-order valence-corrected chi connectivity index (χ1v) is 5.32. The second kappa shape index (κ2) is 4.61. The van der Waals surface area contributed by atoms with Crippen LogP contribution in [0.5, 0.6) is 0 Å². The predicted molar refractivity (Wildman–Crippen MR) is 70.0 cm³/mol. The van der Waals surface area contributed by atoms with Gasteiger partial charge in [0.2, 0.25) is 0 Å². The fourth-order valence-corrected chi connectivity index (χ4v) is 1.80. The predicted octanol–water partition coefficient (Wildman–Crippen LogP) is 1.62. The molecule has 0 saturated heterocycles. The summed E-state index contributed by atoms with van der Waals surface area (Å²) in [5.74, 6) is 0.702. The van der Waals surface area contributed by atoms with Crippen LogP contribution in [-0.4, -0.2) is 17.2 Å². The van der Waals surface area contributed by atoms with Crippen molar-refractivity contribution >= 4 is 29.6 Å². The maximum absolute atomic E-state index is 9.26. The Morgan fingerprint density at radius 2 is 2.12 bits per heavy atom. The van der Waals surface area contributed by atoms with Crippen LogP contribution in [0.3, 0.4) is 0 Å². The first-order chi connectivity index (χ1) is 8.15. The van der Waals surface area contributed by atoms with E-state index in [-0.39, 0.29) is 0 Å². The van der Waals surface area contributed by atoms with Gasteiger partial charge in [0.1, 0.15) is 11.3 Å². The molecule has 0 atom stereocenters. The summed E-state index contributed by atoms with van der Waals surface area (Å²) in [4.78, 5) is 0. The summed E-state index contributed by atoms with van der Waals surface area (Å²) in [7, 11) is -1.53. The van der Waals surface area contributed by atoms with E-state index in [0.29, 0.717) is 16.8 Å². The SMILES string of the molecule is C=C/C=C\c1oc2c(B(O)O)cccc2c1C. The van der Waals surface area contributed by atoms with Gasteiger partial charge in [-0.15, -0.1) is 0 Å². The Bertz CT molecular complexity index is 582. The van der Waals surface area contributed by atoms with Gasteiger partial charge in [0.05, 0.1) is 0 Å². The first-order valence-electron chi connectivity index (χ1n) is 5.32. The molecular formula is C13H13BO3. The van der Waals surface area contributed by atoms with E-state index >= 15 is 0 Å². The van der Waals surface area contributed by atoms with Crippen LogP contribution >= 0.6 is 0 Å². The van der Waals surface area contributed by atoms with Crippen molar-refractivity contribution < 1.29 is 14.5 Å². The van der Waals surface area contributed by atoms with Crippen molar-refractivity contribution in [3.8, 4) is 0 Å². The van der Waals surface area contributed by atoms with Gasteiger partial charge >= 0.3 is 7.12 Å². The molecule has 0 spiro atoms. The number of rotatable bonds is 3. The lowest BCUT2D eigenvalue weighted by Gasteiger charge is -1.99. The van der Waals surface area contributed by atoms with Crippen LogP contribution in [0, 0.1) is 6.92 Å². The molecule has 0 aliphatic heterocycles. The first kappa shape index (κ1) is 11.7. The van der Waals surface area contributed by atoms with Gasteiger partial charge < -0.3 is 14.5 Å². The van der Waals surface area contributed by atoms with Crippen molar-refractivity contribution in [1.29, 1.82) is 0 Å². The van der Waals surface area contributed by atoms with Gasteiger partial charge in [0, 0.05) is 16.4 Å². The van der Waals surface area contributed by atoms with Crippen LogP contribution in [0.25, 0.3) is 17.0 Å². The highest BCUT2D eigenvalue weighted by Gasteiger charge is 2.19. The van der Waals surface area contributed by atoms with Crippen LogP contribution < -0.4 is 5.46 Å². The number of fused-ring (bicyclic) bond motifs is 1. The molecular weight excluding hydrogens is 215 g/mol. The van der Waals surface area contributed by atoms with E-state index in [1.165, 1.54) is 0 Å². The lowest BCUT2D eigenvalue weighted by Crippen LogP contribution is -2.29. The van der Waals surface area contributed by atoms with Crippen LogP contribution in [-0.2, 0) is 0 Å². The van der Waals surface area contributed by atoms with Gasteiger partial charge in [-0.2, -0.15) is 0 Å². The molecule has 0 aliphatic carbocycles. The van der Waals surface area contributed by atoms with Gasteiger partial charge in [-0.05, 0) is 13.0 Å². The smallest absolute Gasteiger partial charge is 0.457 e. The zero-order chi connectivity index (χ0) is 12.4. The average molecular weight is 228 g/mol. The highest BCUT2D eigenvalue weighted by Crippen LogP contribution is 2.25. The molecule has 0 amide bonds. The molecule has 86 valence electrons. The molecule has 3 nitrogen and oxygen atoms in total. The number of benzene rings is 1. The molecule has 1 heterocycles. The Hall–Kier alpha value is -1.78. The molecule has 17 heavy (non-hydrogen) atoms. The molecule has 2 rings (SSSR count). The molecule has 1 aromatic heterocycles. The van der Waals surface area contributed by atoms with Crippen LogP contribution in [0.1, 0.15) is 11.3 Å². The highest BCUT2D eigenvalue weighted by molar-refractivity contribution is 6.61. The van der Waals surface area contributed by atoms with E-state index in [9.17, 15) is 10.0 Å². The number of allylic oxidation sites excluding steroid dienone is 2. The van der Waals surface area contributed by atoms with Crippen molar-refractivity contribution in [2.75, 3.05) is 0 Å². The van der Waals surface area contributed by atoms with Crippen LogP contribution in [0.2, 0.25) is 0 Å². The van der Waals surface area contributed by atoms with Gasteiger partial charge in [0.15, 0.2) is 0 Å². The minimum atomic E-state index is -1.53. The molecule has 0 aliphatic rings. The zero-order valence-electron chi connectivity index (χ0n) is 9.55. The Morgan fingerprint density at radius 1 is 1.35 bits per heavy atom. The second-order valence-corrected chi connectivity index (χ2v) is 3.78. The minimum absolute atomic E-state index is 0.379. The fourth-order valence-electron chi connectivity index (χ4n) is 1.80. The third-order valence-electron chi connectivity index (χ3n) is 2.69. The summed E-state index contributed by atoms with van der Waals surface area (Å²) < 4.78 is 5.64. The lowest BCUT2D eigenvalue weighted by molar-refractivity contribution is 0.425. The fraction of sp³-hybridized carbons (Fsp3) is 0.0769. The summed E-state index contributed by atoms with van der Waals surface area (Å²) >= 11 is 0. The lowest BCUT2D eigenvalue weighted by atomic mass is 9.79. The van der Waals surface area contributed by atoms with Crippen molar-refractivity contribution in [2.45, 2.75) is 6.92 Å². The van der Waals surface area contributed by atoms with E-state index in [1.807, 2.05) is 13.0 Å². The van der Waals surface area contributed by atoms with Crippen molar-refractivity contribution in [3.05, 3.63) is 48.3 Å². The molecule has 2 aromatic rings. The zero-order valence-corrected chi connectivity index (χ0v) is 9.55. The van der Waals surface area contributed by atoms with Crippen LogP contribution in [0.4, 0.5) is 0 Å². The Labute approximate surface area is 99.8 Å². The summed E-state index contributed by atoms with van der Waals surface area (Å²) in [6, 6.07) is 5.31. The van der Waals surface area contributed by atoms with E-state index in [1.54, 1.807) is 30.4 Å². The van der Waals surface area contributed by atoms with Gasteiger partial charge in [0.25, 0.3) is 0 Å². The number of para-hydroxylation sites is 1. The Morgan fingerprint density at radius 3 is 2.76 bits per heavy atom. The van der Waals surface area contributed by atoms with Crippen molar-refractivity contribution in [2.24, 2.45) is 0 Å². The molecule has 0 bridgehead atoms. The molecule has 1 aromatic carbocycles. The largest absolute Gasteiger partial charge is 0.492 e. The third-order valence-corrected chi connectivity index (χ3v) is 2.69. The average Bonchev–Trinajstić information content (AvgIpc) is 2.63. The van der Waals surface area contributed by atoms with E-state index in [2.05, 4.69) is 6.58 Å². The van der Waals surface area contributed by atoms with Gasteiger partial charge in [-0.1, -0.05) is 36.9 Å². The molecule has 4 heteroatoms. The molecule has 0 fully saturated rings. The van der Waals surface area contributed by atoms with Crippen molar-refractivity contribution in [3.63, 3.8) is 0 Å². The maximum atomic E-state index is 9.26.